The van der Waals surface area contributed by atoms with E-state index in [2.05, 4.69) is 37.7 Å². The predicted molar refractivity (Wildman–Crippen MR) is 85.5 cm³/mol. The molecule has 0 aliphatic rings. The Balaban J connectivity index is 1.93. The van der Waals surface area contributed by atoms with E-state index in [1.807, 2.05) is 24.3 Å². The lowest BCUT2D eigenvalue weighted by Crippen LogP contribution is -2.00. The van der Waals surface area contributed by atoms with E-state index in [-0.39, 0.29) is 0 Å². The second kappa shape index (κ2) is 5.19. The van der Waals surface area contributed by atoms with Crippen LogP contribution in [0, 0.1) is 0 Å². The van der Waals surface area contributed by atoms with E-state index >= 15 is 0 Å². The summed E-state index contributed by atoms with van der Waals surface area (Å²) in [7, 11) is 0. The highest BCUT2D eigenvalue weighted by Crippen LogP contribution is 2.28. The largest absolute Gasteiger partial charge is 0.398 e. The number of nitrogens with one attached hydrogen (secondary N) is 1. The number of nitrogens with two attached hydrogens (primary N) is 1. The molecule has 3 N–H and O–H groups in total. The van der Waals surface area contributed by atoms with Crippen LogP contribution in [0.1, 0.15) is 4.88 Å². The third-order valence-electron chi connectivity index (χ3n) is 2.93. The van der Waals surface area contributed by atoms with Crippen LogP contribution >= 0.6 is 27.3 Å². The van der Waals surface area contributed by atoms with Crippen LogP contribution in [0.25, 0.3) is 10.9 Å². The van der Waals surface area contributed by atoms with Crippen molar-refractivity contribution in [3.63, 3.8) is 0 Å². The third-order valence-corrected chi connectivity index (χ3v) is 4.86. The van der Waals surface area contributed by atoms with Crippen LogP contribution in [-0.4, -0.2) is 4.98 Å². The van der Waals surface area contributed by atoms with Crippen LogP contribution in [0.15, 0.2) is 46.4 Å². The Bertz CT molecular complexity index is 724. The Kier molecular flexibility index (Phi) is 3.40. The van der Waals surface area contributed by atoms with Crippen LogP contribution in [0.4, 0.5) is 11.4 Å². The van der Waals surface area contributed by atoms with Gasteiger partial charge in [-0.2, -0.15) is 0 Å². The average molecular weight is 334 g/mol. The van der Waals surface area contributed by atoms with Crippen molar-refractivity contribution in [1.82, 2.24) is 4.98 Å². The molecular formula is C14H12BrN3S. The summed E-state index contributed by atoms with van der Waals surface area (Å²) in [6, 6.07) is 9.84. The number of aromatic nitrogens is 1. The lowest BCUT2D eigenvalue weighted by atomic mass is 10.1. The van der Waals surface area contributed by atoms with Crippen molar-refractivity contribution in [2.75, 3.05) is 11.1 Å². The van der Waals surface area contributed by atoms with Crippen LogP contribution in [0.5, 0.6) is 0 Å². The summed E-state index contributed by atoms with van der Waals surface area (Å²) >= 11 is 5.26. The zero-order valence-electron chi connectivity index (χ0n) is 10.1. The molecule has 2 aromatic heterocycles. The fourth-order valence-electron chi connectivity index (χ4n) is 1.96. The Labute approximate surface area is 123 Å². The summed E-state index contributed by atoms with van der Waals surface area (Å²) in [5.41, 5.74) is 8.64. The summed E-state index contributed by atoms with van der Waals surface area (Å²) in [5.74, 6) is 0. The maximum Gasteiger partial charge on any atom is 0.0953 e. The zero-order chi connectivity index (χ0) is 13.2. The molecule has 1 aromatic carbocycles. The fourth-order valence-corrected chi connectivity index (χ4v) is 3.40. The molecule has 0 aliphatic heterocycles. The molecule has 0 aliphatic carbocycles. The normalized spacial score (nSPS) is 10.8. The molecule has 0 saturated heterocycles. The summed E-state index contributed by atoms with van der Waals surface area (Å²) in [5, 5.41) is 6.47. The number of nitrogens with zero attached hydrogens (tertiary/aromatic N) is 1. The minimum atomic E-state index is 0.756. The minimum absolute atomic E-state index is 0.756. The maximum atomic E-state index is 5.97. The van der Waals surface area contributed by atoms with Crippen LogP contribution in [-0.2, 0) is 6.54 Å². The molecule has 96 valence electrons. The second-order valence-corrected chi connectivity index (χ2v) is 6.00. The quantitative estimate of drug-likeness (QED) is 0.704. The van der Waals surface area contributed by atoms with Gasteiger partial charge in [0.2, 0.25) is 0 Å². The van der Waals surface area contributed by atoms with Gasteiger partial charge in [0.1, 0.15) is 0 Å². The molecule has 0 amide bonds. The van der Waals surface area contributed by atoms with Crippen molar-refractivity contribution in [2.45, 2.75) is 6.54 Å². The first kappa shape index (κ1) is 12.4. The number of halogens is 1. The smallest absolute Gasteiger partial charge is 0.0953 e. The first-order valence-electron chi connectivity index (χ1n) is 5.84. The summed E-state index contributed by atoms with van der Waals surface area (Å²) in [6.45, 7) is 0.772. The molecule has 0 spiro atoms. The van der Waals surface area contributed by atoms with E-state index in [0.717, 1.165) is 33.3 Å². The fraction of sp³-hybridized carbons (Fsp3) is 0.0714. The number of hydrogen-bond acceptors (Lipinski definition) is 4. The van der Waals surface area contributed by atoms with Gasteiger partial charge in [-0.1, -0.05) is 0 Å². The Morgan fingerprint density at radius 1 is 1.26 bits per heavy atom. The molecule has 3 aromatic rings. The summed E-state index contributed by atoms with van der Waals surface area (Å²) in [4.78, 5) is 5.68. The van der Waals surface area contributed by atoms with Crippen LogP contribution < -0.4 is 11.1 Å². The minimum Gasteiger partial charge on any atom is -0.398 e. The van der Waals surface area contributed by atoms with Gasteiger partial charge in [0.05, 0.1) is 17.7 Å². The number of anilines is 2. The van der Waals surface area contributed by atoms with Crippen molar-refractivity contribution >= 4 is 49.5 Å². The molecule has 0 fully saturated rings. The lowest BCUT2D eigenvalue weighted by molar-refractivity contribution is 1.18. The van der Waals surface area contributed by atoms with Crippen LogP contribution in [0.3, 0.4) is 0 Å². The molecule has 0 unspecified atom stereocenters. The highest BCUT2D eigenvalue weighted by atomic mass is 79.9. The van der Waals surface area contributed by atoms with E-state index < -0.39 is 0 Å². The monoisotopic (exact) mass is 333 g/mol. The first-order chi connectivity index (χ1) is 9.25. The highest BCUT2D eigenvalue weighted by molar-refractivity contribution is 9.10. The molecular weight excluding hydrogens is 322 g/mol. The van der Waals surface area contributed by atoms with Crippen LogP contribution in [0.2, 0.25) is 0 Å². The summed E-state index contributed by atoms with van der Waals surface area (Å²) < 4.78 is 1.14. The number of thiophene rings is 1. The molecule has 5 heteroatoms. The second-order valence-electron chi connectivity index (χ2n) is 4.15. The van der Waals surface area contributed by atoms with E-state index in [4.69, 9.17) is 5.73 Å². The van der Waals surface area contributed by atoms with Gasteiger partial charge in [-0.25, -0.2) is 0 Å². The van der Waals surface area contributed by atoms with Crippen molar-refractivity contribution < 1.29 is 0 Å². The third kappa shape index (κ3) is 2.43. The topological polar surface area (TPSA) is 50.9 Å². The average Bonchev–Trinajstić information content (AvgIpc) is 2.84. The van der Waals surface area contributed by atoms with Crippen molar-refractivity contribution in [1.29, 1.82) is 0 Å². The van der Waals surface area contributed by atoms with E-state index in [1.54, 1.807) is 17.5 Å². The van der Waals surface area contributed by atoms with Gasteiger partial charge in [0.25, 0.3) is 0 Å². The van der Waals surface area contributed by atoms with Gasteiger partial charge in [0.15, 0.2) is 0 Å². The van der Waals surface area contributed by atoms with Gasteiger partial charge >= 0.3 is 0 Å². The molecule has 3 nitrogen and oxygen atoms in total. The van der Waals surface area contributed by atoms with E-state index in [0.29, 0.717) is 0 Å². The standard InChI is InChI=1S/C14H12BrN3S/c15-10-5-7-19-13(10)8-18-12-4-3-11(16)9-2-1-6-17-14(9)12/h1-7,18H,8,16H2. The summed E-state index contributed by atoms with van der Waals surface area (Å²) in [6.07, 6.45) is 1.79. The molecule has 0 saturated carbocycles. The van der Waals surface area contributed by atoms with E-state index in [1.165, 1.54) is 4.88 Å². The SMILES string of the molecule is Nc1ccc(NCc2sccc2Br)c2ncccc12. The Hall–Kier alpha value is -1.59. The number of fused-ring (bicyclic) bond motifs is 1. The molecule has 0 radical (unpaired) electrons. The Morgan fingerprint density at radius 3 is 2.95 bits per heavy atom. The first-order valence-corrected chi connectivity index (χ1v) is 7.52. The zero-order valence-corrected chi connectivity index (χ0v) is 12.5. The van der Waals surface area contributed by atoms with Crippen molar-refractivity contribution in [2.24, 2.45) is 0 Å². The number of rotatable bonds is 3. The Morgan fingerprint density at radius 2 is 2.16 bits per heavy atom. The number of benzene rings is 1. The molecule has 3 rings (SSSR count). The van der Waals surface area contributed by atoms with E-state index in [9.17, 15) is 0 Å². The van der Waals surface area contributed by atoms with Gasteiger partial charge < -0.3 is 11.1 Å². The molecule has 0 bridgehead atoms. The number of nitrogen functional groups attached to an aromatic ring is 1. The molecule has 2 heterocycles. The van der Waals surface area contributed by atoms with Crippen molar-refractivity contribution in [3.8, 4) is 0 Å². The maximum absolute atomic E-state index is 5.97. The lowest BCUT2D eigenvalue weighted by Gasteiger charge is -2.10. The van der Waals surface area contributed by atoms with Crippen molar-refractivity contribution in [3.05, 3.63) is 51.3 Å². The highest BCUT2D eigenvalue weighted by Gasteiger charge is 2.06. The number of pyridine rings is 1. The number of hydrogen-bond donors (Lipinski definition) is 2. The molecule has 19 heavy (non-hydrogen) atoms. The predicted octanol–water partition coefficient (Wildman–Crippen LogP) is 4.25. The van der Waals surface area contributed by atoms with Gasteiger partial charge in [-0.05, 0) is 51.6 Å². The van der Waals surface area contributed by atoms with Gasteiger partial charge in [-0.15, -0.1) is 11.3 Å². The van der Waals surface area contributed by atoms with Gasteiger partial charge in [-0.3, -0.25) is 4.98 Å². The van der Waals surface area contributed by atoms with Gasteiger partial charge in [0, 0.05) is 26.6 Å². The molecule has 0 atom stereocenters.